The van der Waals surface area contributed by atoms with Gasteiger partial charge in [0.05, 0.1) is 0 Å². The van der Waals surface area contributed by atoms with E-state index in [0.29, 0.717) is 0 Å². The molecule has 76 valence electrons. The van der Waals surface area contributed by atoms with E-state index >= 15 is 0 Å². The lowest BCUT2D eigenvalue weighted by molar-refractivity contribution is 0.519. The lowest BCUT2D eigenvalue weighted by Crippen LogP contribution is -2.29. The van der Waals surface area contributed by atoms with Gasteiger partial charge in [-0.15, -0.1) is 12.4 Å². The Hall–Kier alpha value is 0.130. The van der Waals surface area contributed by atoms with E-state index in [1.54, 1.807) is 0 Å². The SMILES string of the molecule is CNNCCCCCNNC.Cl. The lowest BCUT2D eigenvalue weighted by atomic mass is 10.2. The van der Waals surface area contributed by atoms with Gasteiger partial charge in [0.15, 0.2) is 0 Å². The fourth-order valence-electron chi connectivity index (χ4n) is 0.854. The summed E-state index contributed by atoms with van der Waals surface area (Å²) in [6, 6.07) is 0. The Morgan fingerprint density at radius 2 is 1.17 bits per heavy atom. The predicted octanol–water partition coefficient (Wildman–Crippen LogP) is 0.0265. The molecular weight excluding hydrogens is 176 g/mol. The largest absolute Gasteiger partial charge is 0.261 e. The highest BCUT2D eigenvalue weighted by atomic mass is 35.5. The van der Waals surface area contributed by atoms with Crippen LogP contribution in [0, 0.1) is 0 Å². The Balaban J connectivity index is 0. The van der Waals surface area contributed by atoms with Crippen LogP contribution in [-0.4, -0.2) is 27.2 Å². The Kier molecular flexibility index (Phi) is 16.7. The molecule has 0 amide bonds. The zero-order valence-corrected chi connectivity index (χ0v) is 8.76. The maximum atomic E-state index is 3.05. The van der Waals surface area contributed by atoms with Crippen molar-refractivity contribution in [3.05, 3.63) is 0 Å². The lowest BCUT2D eigenvalue weighted by Gasteiger charge is -2.03. The van der Waals surface area contributed by atoms with Gasteiger partial charge >= 0.3 is 0 Å². The highest BCUT2D eigenvalue weighted by molar-refractivity contribution is 5.85. The normalized spacial score (nSPS) is 9.50. The molecule has 4 nitrogen and oxygen atoms in total. The summed E-state index contributed by atoms with van der Waals surface area (Å²) >= 11 is 0. The van der Waals surface area contributed by atoms with Gasteiger partial charge in [0.2, 0.25) is 0 Å². The molecule has 4 N–H and O–H groups in total. The second kappa shape index (κ2) is 13.7. The van der Waals surface area contributed by atoms with Crippen molar-refractivity contribution in [3.8, 4) is 0 Å². The number of rotatable bonds is 8. The van der Waals surface area contributed by atoms with Crippen LogP contribution < -0.4 is 21.7 Å². The van der Waals surface area contributed by atoms with Crippen LogP contribution >= 0.6 is 12.4 Å². The van der Waals surface area contributed by atoms with E-state index < -0.39 is 0 Å². The predicted molar refractivity (Wildman–Crippen MR) is 55.2 cm³/mol. The molecule has 0 aromatic rings. The molecule has 0 aromatic heterocycles. The second-order valence-corrected chi connectivity index (χ2v) is 2.41. The minimum absolute atomic E-state index is 0. The molecule has 0 radical (unpaired) electrons. The van der Waals surface area contributed by atoms with Crippen molar-refractivity contribution in [2.45, 2.75) is 19.3 Å². The molecule has 0 unspecified atom stereocenters. The summed E-state index contributed by atoms with van der Waals surface area (Å²) in [6.07, 6.45) is 3.72. The fraction of sp³-hybridized carbons (Fsp3) is 1.00. The van der Waals surface area contributed by atoms with Crippen molar-refractivity contribution in [2.24, 2.45) is 0 Å². The van der Waals surface area contributed by atoms with E-state index in [9.17, 15) is 0 Å². The molecule has 0 aliphatic heterocycles. The van der Waals surface area contributed by atoms with Gasteiger partial charge in [0.1, 0.15) is 0 Å². The summed E-state index contributed by atoms with van der Waals surface area (Å²) in [4.78, 5) is 0. The zero-order valence-electron chi connectivity index (χ0n) is 7.94. The molecule has 0 rings (SSSR count). The summed E-state index contributed by atoms with van der Waals surface area (Å²) in [5.74, 6) is 0. The highest BCUT2D eigenvalue weighted by Crippen LogP contribution is 1.90. The van der Waals surface area contributed by atoms with E-state index in [2.05, 4.69) is 21.7 Å². The second-order valence-electron chi connectivity index (χ2n) is 2.41. The van der Waals surface area contributed by atoms with Crippen LogP contribution in [-0.2, 0) is 0 Å². The molecule has 0 atom stereocenters. The smallest absolute Gasteiger partial charge is 0.00996 e. The summed E-state index contributed by atoms with van der Waals surface area (Å²) in [5.41, 5.74) is 11.9. The first kappa shape index (κ1) is 14.6. The average molecular weight is 197 g/mol. The summed E-state index contributed by atoms with van der Waals surface area (Å²) in [5, 5.41) is 0. The topological polar surface area (TPSA) is 48.1 Å². The molecule has 0 saturated carbocycles. The quantitative estimate of drug-likeness (QED) is 0.327. The van der Waals surface area contributed by atoms with Crippen LogP contribution in [0.5, 0.6) is 0 Å². The minimum atomic E-state index is 0. The molecule has 0 fully saturated rings. The summed E-state index contributed by atoms with van der Waals surface area (Å²) in [6.45, 7) is 2.10. The van der Waals surface area contributed by atoms with Crippen molar-refractivity contribution in [2.75, 3.05) is 27.2 Å². The number of unbranched alkanes of at least 4 members (excludes halogenated alkanes) is 2. The number of hydrogen-bond acceptors (Lipinski definition) is 4. The van der Waals surface area contributed by atoms with Gasteiger partial charge in [-0.1, -0.05) is 6.42 Å². The van der Waals surface area contributed by atoms with Crippen LogP contribution in [0.4, 0.5) is 0 Å². The molecule has 5 heteroatoms. The van der Waals surface area contributed by atoms with Gasteiger partial charge in [0, 0.05) is 13.1 Å². The summed E-state index contributed by atoms with van der Waals surface area (Å²) < 4.78 is 0. The van der Waals surface area contributed by atoms with Crippen molar-refractivity contribution in [3.63, 3.8) is 0 Å². The average Bonchev–Trinajstić information content (AvgIpc) is 2.03. The van der Waals surface area contributed by atoms with E-state index in [0.717, 1.165) is 13.1 Å². The third-order valence-electron chi connectivity index (χ3n) is 1.46. The molecule has 0 spiro atoms. The van der Waals surface area contributed by atoms with Crippen molar-refractivity contribution >= 4 is 12.4 Å². The van der Waals surface area contributed by atoms with E-state index in [4.69, 9.17) is 0 Å². The van der Waals surface area contributed by atoms with Crippen molar-refractivity contribution < 1.29 is 0 Å². The third-order valence-corrected chi connectivity index (χ3v) is 1.46. The monoisotopic (exact) mass is 196 g/mol. The maximum absolute atomic E-state index is 3.05. The zero-order chi connectivity index (χ0) is 8.36. The molecule has 0 aliphatic carbocycles. The number of halogens is 1. The first-order chi connectivity index (χ1) is 5.41. The van der Waals surface area contributed by atoms with Crippen LogP contribution in [0.15, 0.2) is 0 Å². The third kappa shape index (κ3) is 12.8. The van der Waals surface area contributed by atoms with E-state index in [-0.39, 0.29) is 12.4 Å². The Labute approximate surface area is 81.2 Å². The van der Waals surface area contributed by atoms with E-state index in [1.807, 2.05) is 14.1 Å². The number of hydrogen-bond donors (Lipinski definition) is 4. The standard InChI is InChI=1S/C7H20N4.ClH/c1-8-10-6-4-3-5-7-11-9-2;/h8-11H,3-7H2,1-2H3;1H. The van der Waals surface area contributed by atoms with Gasteiger partial charge in [-0.3, -0.25) is 21.7 Å². The molecular formula is C7H21ClN4. The maximum Gasteiger partial charge on any atom is 0.00996 e. The molecule has 12 heavy (non-hydrogen) atoms. The van der Waals surface area contributed by atoms with Gasteiger partial charge < -0.3 is 0 Å². The Bertz CT molecular complexity index is 64.4. The van der Waals surface area contributed by atoms with Gasteiger partial charge in [-0.25, -0.2) is 0 Å². The first-order valence-electron chi connectivity index (χ1n) is 4.21. The van der Waals surface area contributed by atoms with Crippen LogP contribution in [0.1, 0.15) is 19.3 Å². The minimum Gasteiger partial charge on any atom is -0.261 e. The van der Waals surface area contributed by atoms with Gasteiger partial charge in [-0.2, -0.15) is 0 Å². The molecule has 0 saturated heterocycles. The summed E-state index contributed by atoms with van der Waals surface area (Å²) in [7, 11) is 3.78. The van der Waals surface area contributed by atoms with Crippen molar-refractivity contribution in [1.82, 2.24) is 21.7 Å². The van der Waals surface area contributed by atoms with Gasteiger partial charge in [-0.05, 0) is 26.9 Å². The number of nitrogens with one attached hydrogen (secondary N) is 4. The van der Waals surface area contributed by atoms with Crippen molar-refractivity contribution in [1.29, 1.82) is 0 Å². The van der Waals surface area contributed by atoms with Crippen LogP contribution in [0.3, 0.4) is 0 Å². The molecule has 0 bridgehead atoms. The fourth-order valence-corrected chi connectivity index (χ4v) is 0.854. The highest BCUT2D eigenvalue weighted by Gasteiger charge is 1.86. The van der Waals surface area contributed by atoms with E-state index in [1.165, 1.54) is 19.3 Å². The van der Waals surface area contributed by atoms with Crippen LogP contribution in [0.25, 0.3) is 0 Å². The first-order valence-corrected chi connectivity index (χ1v) is 4.21. The Morgan fingerprint density at radius 3 is 1.50 bits per heavy atom. The number of hydrazine groups is 2. The Morgan fingerprint density at radius 1 is 0.750 bits per heavy atom. The molecule has 0 aliphatic rings. The van der Waals surface area contributed by atoms with Crippen LogP contribution in [0.2, 0.25) is 0 Å². The van der Waals surface area contributed by atoms with Gasteiger partial charge in [0.25, 0.3) is 0 Å². The molecule has 0 aromatic carbocycles. The molecule has 0 heterocycles.